The van der Waals surface area contributed by atoms with Crippen LogP contribution in [-0.2, 0) is 0 Å². The van der Waals surface area contributed by atoms with E-state index in [2.05, 4.69) is 13.5 Å². The second-order valence-corrected chi connectivity index (χ2v) is 5.07. The lowest BCUT2D eigenvalue weighted by Crippen LogP contribution is -2.25. The number of quaternary nitrogens is 1. The maximum absolute atomic E-state index is 10.0. The van der Waals surface area contributed by atoms with Gasteiger partial charge in [-0.2, -0.15) is 0 Å². The lowest BCUT2D eigenvalue weighted by Gasteiger charge is -2.27. The van der Waals surface area contributed by atoms with E-state index in [0.29, 0.717) is 0 Å². The van der Waals surface area contributed by atoms with Crippen LogP contribution in [0, 0.1) is 11.1 Å². The van der Waals surface area contributed by atoms with Crippen molar-refractivity contribution in [1.82, 2.24) is 0 Å². The summed E-state index contributed by atoms with van der Waals surface area (Å²) in [6.07, 6.45) is 7.10. The zero-order valence-electron chi connectivity index (χ0n) is 10.2. The molecular formula is C12H25NO. The fourth-order valence-electron chi connectivity index (χ4n) is 1.60. The summed E-state index contributed by atoms with van der Waals surface area (Å²) in [5, 5.41) is 10.0. The minimum atomic E-state index is -0.250. The van der Waals surface area contributed by atoms with E-state index in [1.54, 1.807) is 21.1 Å². The molecule has 0 saturated heterocycles. The van der Waals surface area contributed by atoms with Gasteiger partial charge in [-0.05, 0) is 25.7 Å². The van der Waals surface area contributed by atoms with Gasteiger partial charge in [-0.25, -0.2) is 0 Å². The van der Waals surface area contributed by atoms with Gasteiger partial charge >= 0.3 is 0 Å². The zero-order valence-corrected chi connectivity index (χ0v) is 10.2. The average Bonchev–Trinajstić information content (AvgIpc) is 2.03. The molecule has 0 aliphatic heterocycles. The second kappa shape index (κ2) is 6.20. The Hall–Kier alpha value is -0.340. The van der Waals surface area contributed by atoms with Crippen molar-refractivity contribution in [3.05, 3.63) is 17.4 Å². The Morgan fingerprint density at radius 3 is 1.71 bits per heavy atom. The number of hydrogen-bond acceptors (Lipinski definition) is 1. The molecule has 0 spiro atoms. The molecule has 1 fully saturated rings. The highest BCUT2D eigenvalue weighted by Crippen LogP contribution is 2.27. The van der Waals surface area contributed by atoms with E-state index in [1.807, 2.05) is 0 Å². The van der Waals surface area contributed by atoms with Crippen molar-refractivity contribution in [3.8, 4) is 0 Å². The van der Waals surface area contributed by atoms with Crippen molar-refractivity contribution in [2.45, 2.75) is 39.0 Å². The third-order valence-corrected chi connectivity index (χ3v) is 2.30. The molecule has 0 radical (unpaired) electrons. The first-order valence-electron chi connectivity index (χ1n) is 5.48. The van der Waals surface area contributed by atoms with E-state index in [4.69, 9.17) is 0 Å². The maximum Gasteiger partial charge on any atom is 0.0674 e. The smallest absolute Gasteiger partial charge is 0.0674 e. The quantitative estimate of drug-likeness (QED) is 0.361. The van der Waals surface area contributed by atoms with Crippen LogP contribution in [0.5, 0.6) is 0 Å². The van der Waals surface area contributed by atoms with Crippen molar-refractivity contribution < 1.29 is 4.65 Å². The van der Waals surface area contributed by atoms with Gasteiger partial charge in [0.1, 0.15) is 0 Å². The van der Waals surface area contributed by atoms with Crippen LogP contribution in [0.25, 0.3) is 0 Å². The summed E-state index contributed by atoms with van der Waals surface area (Å²) in [6.45, 7) is 6.14. The lowest BCUT2D eigenvalue weighted by atomic mass is 9.85. The van der Waals surface area contributed by atoms with Gasteiger partial charge in [0.2, 0.25) is 0 Å². The normalized spacial score (nSPS) is 18.4. The zero-order chi connectivity index (χ0) is 11.2. The monoisotopic (exact) mass is 199 g/mol. The van der Waals surface area contributed by atoms with Gasteiger partial charge in [0, 0.05) is 0 Å². The first kappa shape index (κ1) is 13.7. The van der Waals surface area contributed by atoms with Gasteiger partial charge in [-0.1, -0.05) is 31.4 Å². The molecule has 0 aromatic carbocycles. The molecule has 0 unspecified atom stereocenters. The van der Waals surface area contributed by atoms with Crippen molar-refractivity contribution in [3.63, 3.8) is 0 Å². The van der Waals surface area contributed by atoms with Crippen LogP contribution in [0.1, 0.15) is 39.0 Å². The number of allylic oxidation sites excluding steroid dienone is 1. The van der Waals surface area contributed by atoms with E-state index < -0.39 is 0 Å². The molecule has 0 aromatic heterocycles. The molecule has 2 nitrogen and oxygen atoms in total. The fourth-order valence-corrected chi connectivity index (χ4v) is 1.60. The van der Waals surface area contributed by atoms with E-state index in [-0.39, 0.29) is 4.65 Å². The average molecular weight is 199 g/mol. The van der Waals surface area contributed by atoms with Gasteiger partial charge in [-0.15, -0.1) is 0 Å². The van der Waals surface area contributed by atoms with Crippen LogP contribution in [0.15, 0.2) is 12.2 Å². The third-order valence-electron chi connectivity index (χ3n) is 2.30. The minimum absolute atomic E-state index is 0.250. The molecule has 0 bridgehead atoms. The molecule has 1 saturated carbocycles. The Morgan fingerprint density at radius 2 is 1.50 bits per heavy atom. The van der Waals surface area contributed by atoms with E-state index >= 15 is 0 Å². The number of nitrogens with zero attached hydrogens (tertiary/aromatic N) is 1. The SMILES string of the molecule is C=C(C)C1CCCCC1.C[N+](C)(C)[O-]. The second-order valence-electron chi connectivity index (χ2n) is 5.07. The largest absolute Gasteiger partial charge is 0.633 e. The molecule has 2 heteroatoms. The van der Waals surface area contributed by atoms with Gasteiger partial charge in [0.15, 0.2) is 0 Å². The van der Waals surface area contributed by atoms with Crippen molar-refractivity contribution in [2.75, 3.05) is 21.1 Å². The first-order valence-corrected chi connectivity index (χ1v) is 5.48. The molecule has 0 heterocycles. The Labute approximate surface area is 88.8 Å². The van der Waals surface area contributed by atoms with Crippen LogP contribution in [0.3, 0.4) is 0 Å². The Kier molecular flexibility index (Phi) is 6.05. The Bertz CT molecular complexity index is 158. The van der Waals surface area contributed by atoms with Gasteiger partial charge in [0.25, 0.3) is 0 Å². The molecule has 0 aromatic rings. The van der Waals surface area contributed by atoms with Gasteiger partial charge in [-0.3, -0.25) is 0 Å². The number of hydroxylamine groups is 3. The fraction of sp³-hybridized carbons (Fsp3) is 0.833. The molecular weight excluding hydrogens is 174 g/mol. The Morgan fingerprint density at radius 1 is 1.14 bits per heavy atom. The molecule has 0 amide bonds. The molecule has 1 aliphatic carbocycles. The highest BCUT2D eigenvalue weighted by molar-refractivity contribution is 4.96. The minimum Gasteiger partial charge on any atom is -0.633 e. The topological polar surface area (TPSA) is 23.1 Å². The van der Waals surface area contributed by atoms with E-state index in [1.165, 1.54) is 37.7 Å². The third kappa shape index (κ3) is 9.75. The van der Waals surface area contributed by atoms with Crippen molar-refractivity contribution >= 4 is 0 Å². The standard InChI is InChI=1S/C9H16.C3H9NO/c1-8(2)9-6-4-3-5-7-9;1-4(2,3)5/h9H,1,3-7H2,2H3;1-3H3. The van der Waals surface area contributed by atoms with Crippen LogP contribution in [0.4, 0.5) is 0 Å². The summed E-state index contributed by atoms with van der Waals surface area (Å²) < 4.78 is -0.250. The summed E-state index contributed by atoms with van der Waals surface area (Å²) in [4.78, 5) is 0. The Balaban J connectivity index is 0.000000292. The molecule has 0 atom stereocenters. The predicted molar refractivity (Wildman–Crippen MR) is 62.8 cm³/mol. The lowest BCUT2D eigenvalue weighted by molar-refractivity contribution is -0.818. The van der Waals surface area contributed by atoms with Gasteiger partial charge < -0.3 is 9.85 Å². The molecule has 1 rings (SSSR count). The van der Waals surface area contributed by atoms with E-state index in [0.717, 1.165) is 5.92 Å². The maximum atomic E-state index is 10.0. The van der Waals surface area contributed by atoms with Crippen LogP contribution in [-0.4, -0.2) is 25.8 Å². The first-order chi connectivity index (χ1) is 6.30. The molecule has 84 valence electrons. The summed E-state index contributed by atoms with van der Waals surface area (Å²) in [5.41, 5.74) is 1.40. The highest BCUT2D eigenvalue weighted by atomic mass is 16.5. The summed E-state index contributed by atoms with van der Waals surface area (Å²) >= 11 is 0. The van der Waals surface area contributed by atoms with Crippen LogP contribution in [0.2, 0.25) is 0 Å². The van der Waals surface area contributed by atoms with Crippen molar-refractivity contribution in [2.24, 2.45) is 5.92 Å². The number of hydrogen-bond donors (Lipinski definition) is 0. The molecule has 0 N–H and O–H groups in total. The predicted octanol–water partition coefficient (Wildman–Crippen LogP) is 3.33. The summed E-state index contributed by atoms with van der Waals surface area (Å²) in [7, 11) is 4.71. The molecule has 14 heavy (non-hydrogen) atoms. The van der Waals surface area contributed by atoms with Crippen LogP contribution < -0.4 is 0 Å². The van der Waals surface area contributed by atoms with Crippen LogP contribution >= 0.6 is 0 Å². The van der Waals surface area contributed by atoms with E-state index in [9.17, 15) is 5.21 Å². The van der Waals surface area contributed by atoms with Crippen molar-refractivity contribution in [1.29, 1.82) is 0 Å². The summed E-state index contributed by atoms with van der Waals surface area (Å²) in [5.74, 6) is 0.860. The van der Waals surface area contributed by atoms with Gasteiger partial charge in [0.05, 0.1) is 21.1 Å². The highest BCUT2D eigenvalue weighted by Gasteiger charge is 2.12. The number of rotatable bonds is 1. The summed E-state index contributed by atoms with van der Waals surface area (Å²) in [6, 6.07) is 0. The molecule has 1 aliphatic rings.